The molecule has 0 spiro atoms. The number of hydrogen-bond donors (Lipinski definition) is 1. The first-order valence-corrected chi connectivity index (χ1v) is 6.61. The van der Waals surface area contributed by atoms with Crippen LogP contribution >= 0.6 is 0 Å². The van der Waals surface area contributed by atoms with Crippen molar-refractivity contribution in [3.63, 3.8) is 0 Å². The molecule has 6 heteroatoms. The fourth-order valence-electron chi connectivity index (χ4n) is 1.94. The van der Waals surface area contributed by atoms with Crippen LogP contribution in [0.4, 0.5) is 0 Å². The normalized spacial score (nSPS) is 38.6. The highest BCUT2D eigenvalue weighted by Gasteiger charge is 2.34. The molecular formula is C8H15NO4S. The predicted octanol–water partition coefficient (Wildman–Crippen LogP) is -1.52. The molecule has 0 aliphatic carbocycles. The van der Waals surface area contributed by atoms with Gasteiger partial charge in [-0.15, -0.1) is 0 Å². The lowest BCUT2D eigenvalue weighted by Crippen LogP contribution is -2.50. The molecular weight excluding hydrogens is 206 g/mol. The summed E-state index contributed by atoms with van der Waals surface area (Å²) in [6.45, 7) is 1.93. The molecule has 2 heterocycles. The molecule has 14 heavy (non-hydrogen) atoms. The first kappa shape index (κ1) is 10.4. The molecule has 0 bridgehead atoms. The number of rotatable bonds is 1. The van der Waals surface area contributed by atoms with Crippen molar-refractivity contribution < 1.29 is 18.3 Å². The average molecular weight is 221 g/mol. The number of ether oxygens (including phenoxy) is 1. The van der Waals surface area contributed by atoms with E-state index >= 15 is 0 Å². The second-order valence-corrected chi connectivity index (χ2v) is 6.16. The van der Waals surface area contributed by atoms with Crippen LogP contribution in [0.25, 0.3) is 0 Å². The van der Waals surface area contributed by atoms with Crippen molar-refractivity contribution in [1.82, 2.24) is 4.90 Å². The highest BCUT2D eigenvalue weighted by molar-refractivity contribution is 7.91. The number of hydrogen-bond acceptors (Lipinski definition) is 5. The van der Waals surface area contributed by atoms with Crippen LogP contribution in [0.2, 0.25) is 0 Å². The average Bonchev–Trinajstić information content (AvgIpc) is 2.52. The van der Waals surface area contributed by atoms with E-state index in [4.69, 9.17) is 4.74 Å². The summed E-state index contributed by atoms with van der Waals surface area (Å²) in [7, 11) is -2.83. The van der Waals surface area contributed by atoms with E-state index in [9.17, 15) is 13.5 Å². The van der Waals surface area contributed by atoms with Crippen LogP contribution < -0.4 is 0 Å². The largest absolute Gasteiger partial charge is 0.389 e. The number of nitrogens with zero attached hydrogens (tertiary/aromatic N) is 1. The third kappa shape index (κ3) is 2.08. The summed E-state index contributed by atoms with van der Waals surface area (Å²) >= 11 is 0. The summed E-state index contributed by atoms with van der Waals surface area (Å²) in [5.41, 5.74) is 0. The van der Waals surface area contributed by atoms with Gasteiger partial charge in [-0.3, -0.25) is 4.90 Å². The lowest BCUT2D eigenvalue weighted by Gasteiger charge is -2.32. The molecule has 2 unspecified atom stereocenters. The molecule has 0 amide bonds. The molecule has 5 nitrogen and oxygen atoms in total. The van der Waals surface area contributed by atoms with E-state index < -0.39 is 15.9 Å². The molecule has 2 atom stereocenters. The quantitative estimate of drug-likeness (QED) is 0.582. The van der Waals surface area contributed by atoms with Crippen LogP contribution in [0.5, 0.6) is 0 Å². The van der Waals surface area contributed by atoms with Gasteiger partial charge < -0.3 is 9.84 Å². The fourth-order valence-corrected chi connectivity index (χ4v) is 3.17. The van der Waals surface area contributed by atoms with Crippen molar-refractivity contribution >= 4 is 9.84 Å². The predicted molar refractivity (Wildman–Crippen MR) is 50.8 cm³/mol. The van der Waals surface area contributed by atoms with E-state index in [1.807, 2.05) is 4.90 Å². The highest BCUT2D eigenvalue weighted by atomic mass is 32.2. The maximum absolute atomic E-state index is 11.2. The Labute approximate surface area is 83.6 Å². The Kier molecular flexibility index (Phi) is 2.79. The van der Waals surface area contributed by atoms with Gasteiger partial charge in [0.2, 0.25) is 0 Å². The Hall–Kier alpha value is -0.170. The van der Waals surface area contributed by atoms with Crippen LogP contribution in [0.3, 0.4) is 0 Å². The summed E-state index contributed by atoms with van der Waals surface area (Å²) in [5.74, 6) is 0.409. The first-order valence-electron chi connectivity index (χ1n) is 4.79. The number of sulfone groups is 1. The summed E-state index contributed by atoms with van der Waals surface area (Å²) in [6, 6.07) is -0.00880. The minimum absolute atomic E-state index is 0.00880. The highest BCUT2D eigenvalue weighted by Crippen LogP contribution is 2.16. The van der Waals surface area contributed by atoms with Crippen LogP contribution in [0, 0.1) is 0 Å². The third-order valence-electron chi connectivity index (χ3n) is 2.87. The van der Waals surface area contributed by atoms with E-state index in [2.05, 4.69) is 0 Å². The number of aliphatic hydroxyl groups is 1. The topological polar surface area (TPSA) is 66.8 Å². The fraction of sp³-hybridized carbons (Fsp3) is 1.00. The van der Waals surface area contributed by atoms with Gasteiger partial charge in [-0.25, -0.2) is 8.42 Å². The molecule has 2 rings (SSSR count). The van der Waals surface area contributed by atoms with Gasteiger partial charge >= 0.3 is 0 Å². The Morgan fingerprint density at radius 2 is 1.86 bits per heavy atom. The Morgan fingerprint density at radius 1 is 1.21 bits per heavy atom. The molecule has 82 valence electrons. The van der Waals surface area contributed by atoms with Crippen LogP contribution in [-0.2, 0) is 14.6 Å². The van der Waals surface area contributed by atoms with Crippen LogP contribution in [0.1, 0.15) is 0 Å². The summed E-state index contributed by atoms with van der Waals surface area (Å²) in [4.78, 5) is 2.01. The molecule has 2 fully saturated rings. The summed E-state index contributed by atoms with van der Waals surface area (Å²) in [5, 5.41) is 9.56. The van der Waals surface area contributed by atoms with Gasteiger partial charge in [-0.1, -0.05) is 0 Å². The lowest BCUT2D eigenvalue weighted by molar-refractivity contribution is 0.0868. The molecule has 0 saturated carbocycles. The van der Waals surface area contributed by atoms with Gasteiger partial charge in [0.15, 0.2) is 9.84 Å². The molecule has 2 aliphatic heterocycles. The lowest BCUT2D eigenvalue weighted by atomic mass is 10.2. The molecule has 0 radical (unpaired) electrons. The van der Waals surface area contributed by atoms with Gasteiger partial charge in [0.1, 0.15) is 0 Å². The van der Waals surface area contributed by atoms with E-state index in [1.54, 1.807) is 0 Å². The van der Waals surface area contributed by atoms with Crippen molar-refractivity contribution in [2.75, 3.05) is 37.8 Å². The molecule has 1 N–H and O–H groups in total. The molecule has 0 aromatic rings. The zero-order valence-corrected chi connectivity index (χ0v) is 8.74. The minimum atomic E-state index is -2.83. The molecule has 0 aromatic heterocycles. The third-order valence-corrected chi connectivity index (χ3v) is 4.48. The van der Waals surface area contributed by atoms with E-state index in [0.717, 1.165) is 0 Å². The van der Waals surface area contributed by atoms with Gasteiger partial charge in [-0.05, 0) is 0 Å². The van der Waals surface area contributed by atoms with Crippen molar-refractivity contribution in [1.29, 1.82) is 0 Å². The molecule has 0 aromatic carbocycles. The first-order chi connectivity index (χ1) is 6.58. The van der Waals surface area contributed by atoms with Gasteiger partial charge in [0.05, 0.1) is 36.9 Å². The number of aliphatic hydroxyl groups excluding tert-OH is 1. The van der Waals surface area contributed by atoms with Gasteiger partial charge in [-0.2, -0.15) is 0 Å². The van der Waals surface area contributed by atoms with Gasteiger partial charge in [0.25, 0.3) is 0 Å². The Balaban J connectivity index is 1.95. The van der Waals surface area contributed by atoms with E-state index in [-0.39, 0.29) is 17.5 Å². The maximum atomic E-state index is 11.2. The second kappa shape index (κ2) is 3.77. The Morgan fingerprint density at radius 3 is 2.36 bits per heavy atom. The standard InChI is InChI=1S/C8H15NO4S/c10-8-6-13-5-7(8)9-1-3-14(11,12)4-2-9/h7-8,10H,1-6H2. The van der Waals surface area contributed by atoms with E-state index in [0.29, 0.717) is 26.3 Å². The maximum Gasteiger partial charge on any atom is 0.152 e. The minimum Gasteiger partial charge on any atom is -0.389 e. The molecule has 2 saturated heterocycles. The zero-order valence-electron chi connectivity index (χ0n) is 7.92. The molecule has 2 aliphatic rings. The summed E-state index contributed by atoms with van der Waals surface area (Å²) < 4.78 is 27.5. The van der Waals surface area contributed by atoms with E-state index in [1.165, 1.54) is 0 Å². The zero-order chi connectivity index (χ0) is 10.2. The van der Waals surface area contributed by atoms with Crippen molar-refractivity contribution in [3.05, 3.63) is 0 Å². The smallest absolute Gasteiger partial charge is 0.152 e. The van der Waals surface area contributed by atoms with Crippen molar-refractivity contribution in [3.8, 4) is 0 Å². The summed E-state index contributed by atoms with van der Waals surface area (Å²) in [6.07, 6.45) is -0.462. The second-order valence-electron chi connectivity index (χ2n) is 3.86. The van der Waals surface area contributed by atoms with Crippen molar-refractivity contribution in [2.45, 2.75) is 12.1 Å². The monoisotopic (exact) mass is 221 g/mol. The van der Waals surface area contributed by atoms with Crippen LogP contribution in [-0.4, -0.2) is 68.4 Å². The van der Waals surface area contributed by atoms with Gasteiger partial charge in [0, 0.05) is 13.1 Å². The SMILES string of the molecule is O=S1(=O)CCN(C2COCC2O)CC1. The van der Waals surface area contributed by atoms with Crippen LogP contribution in [0.15, 0.2) is 0 Å². The van der Waals surface area contributed by atoms with Crippen molar-refractivity contribution in [2.24, 2.45) is 0 Å². The Bertz CT molecular complexity index is 288.